The van der Waals surface area contributed by atoms with Gasteiger partial charge < -0.3 is 5.11 Å². The van der Waals surface area contributed by atoms with Crippen molar-refractivity contribution in [2.45, 2.75) is 39.7 Å². The molecule has 1 aromatic rings. The number of nitrogens with zero attached hydrogens (tertiary/aromatic N) is 2. The van der Waals surface area contributed by atoms with Gasteiger partial charge in [0.2, 0.25) is 5.88 Å². The van der Waals surface area contributed by atoms with Crippen LogP contribution in [0.1, 0.15) is 50.8 Å². The van der Waals surface area contributed by atoms with Gasteiger partial charge in [-0.15, -0.1) is 0 Å². The lowest BCUT2D eigenvalue weighted by atomic mass is 9.99. The van der Waals surface area contributed by atoms with Gasteiger partial charge in [-0.2, -0.15) is 5.26 Å². The van der Waals surface area contributed by atoms with Crippen LogP contribution < -0.4 is 5.56 Å². The first kappa shape index (κ1) is 12.3. The summed E-state index contributed by atoms with van der Waals surface area (Å²) in [6.07, 6.45) is 0. The van der Waals surface area contributed by atoms with Gasteiger partial charge in [0.25, 0.3) is 5.56 Å². The quantitative estimate of drug-likeness (QED) is 0.830. The molecule has 0 aliphatic heterocycles. The predicted octanol–water partition coefficient (Wildman–Crippen LogP) is 2.13. The molecule has 4 nitrogen and oxygen atoms in total. The van der Waals surface area contributed by atoms with Crippen LogP contribution in [-0.4, -0.2) is 9.67 Å². The molecule has 1 rings (SSSR count). The molecule has 0 bridgehead atoms. The molecule has 0 aliphatic carbocycles. The Kier molecular flexibility index (Phi) is 3.38. The maximum absolute atomic E-state index is 11.8. The number of hydrogen-bond donors (Lipinski definition) is 1. The van der Waals surface area contributed by atoms with E-state index in [1.54, 1.807) is 13.8 Å². The maximum atomic E-state index is 11.8. The second kappa shape index (κ2) is 4.40. The normalized spacial score (nSPS) is 10.8. The number of hydrogen-bond acceptors (Lipinski definition) is 3. The smallest absolute Gasteiger partial charge is 0.253 e. The van der Waals surface area contributed by atoms with Crippen LogP contribution in [0.4, 0.5) is 0 Å². The van der Waals surface area contributed by atoms with E-state index in [2.05, 4.69) is 0 Å². The molecule has 0 aliphatic rings. The molecule has 0 radical (unpaired) electrons. The molecule has 0 fully saturated rings. The number of rotatable bonds is 2. The lowest BCUT2D eigenvalue weighted by Gasteiger charge is -2.16. The van der Waals surface area contributed by atoms with E-state index < -0.39 is 0 Å². The molecule has 0 unspecified atom stereocenters. The van der Waals surface area contributed by atoms with Crippen LogP contribution in [0.2, 0.25) is 0 Å². The standard InChI is InChI=1S/C12H16N2O2/c1-7(2)9-5-11(15)14(8(3)4)12(16)10(9)6-13/h5,7-8,16H,1-4H3. The lowest BCUT2D eigenvalue weighted by molar-refractivity contribution is 0.385. The van der Waals surface area contributed by atoms with Crippen molar-refractivity contribution in [1.29, 1.82) is 5.26 Å². The highest BCUT2D eigenvalue weighted by molar-refractivity contribution is 5.46. The van der Waals surface area contributed by atoms with Gasteiger partial charge in [-0.05, 0) is 25.3 Å². The molecule has 0 aromatic carbocycles. The topological polar surface area (TPSA) is 66.0 Å². The Labute approximate surface area is 94.8 Å². The first-order valence-electron chi connectivity index (χ1n) is 5.28. The van der Waals surface area contributed by atoms with Crippen LogP contribution in [0.5, 0.6) is 5.88 Å². The molecule has 1 aromatic heterocycles. The second-order valence-corrected chi connectivity index (χ2v) is 4.37. The third kappa shape index (κ3) is 1.94. The summed E-state index contributed by atoms with van der Waals surface area (Å²) >= 11 is 0. The predicted molar refractivity (Wildman–Crippen MR) is 61.6 cm³/mol. The van der Waals surface area contributed by atoms with E-state index in [1.807, 2.05) is 19.9 Å². The van der Waals surface area contributed by atoms with Crippen molar-refractivity contribution in [3.05, 3.63) is 27.5 Å². The average Bonchev–Trinajstić information content (AvgIpc) is 2.16. The van der Waals surface area contributed by atoms with E-state index in [9.17, 15) is 9.90 Å². The fraction of sp³-hybridized carbons (Fsp3) is 0.500. The Morgan fingerprint density at radius 3 is 2.31 bits per heavy atom. The van der Waals surface area contributed by atoms with Gasteiger partial charge in [-0.3, -0.25) is 9.36 Å². The zero-order valence-electron chi connectivity index (χ0n) is 9.98. The summed E-state index contributed by atoms with van der Waals surface area (Å²) in [5.41, 5.74) is 0.528. The van der Waals surface area contributed by atoms with Crippen LogP contribution in [-0.2, 0) is 0 Å². The number of pyridine rings is 1. The fourth-order valence-electron chi connectivity index (χ4n) is 1.70. The van der Waals surface area contributed by atoms with Crippen molar-refractivity contribution in [3.63, 3.8) is 0 Å². The molecule has 0 spiro atoms. The molecular formula is C12H16N2O2. The van der Waals surface area contributed by atoms with E-state index in [-0.39, 0.29) is 29.0 Å². The molecule has 1 heterocycles. The Bertz CT molecular complexity index is 493. The highest BCUT2D eigenvalue weighted by Crippen LogP contribution is 2.26. The summed E-state index contributed by atoms with van der Waals surface area (Å²) < 4.78 is 1.23. The zero-order valence-corrected chi connectivity index (χ0v) is 9.98. The monoisotopic (exact) mass is 220 g/mol. The maximum Gasteiger partial charge on any atom is 0.253 e. The Hall–Kier alpha value is -1.76. The Morgan fingerprint density at radius 1 is 1.38 bits per heavy atom. The van der Waals surface area contributed by atoms with Crippen molar-refractivity contribution in [2.24, 2.45) is 0 Å². The highest BCUT2D eigenvalue weighted by Gasteiger charge is 2.18. The van der Waals surface area contributed by atoms with Crippen LogP contribution in [0.25, 0.3) is 0 Å². The highest BCUT2D eigenvalue weighted by atomic mass is 16.3. The van der Waals surface area contributed by atoms with E-state index in [0.717, 1.165) is 0 Å². The average molecular weight is 220 g/mol. The molecule has 0 amide bonds. The van der Waals surface area contributed by atoms with Crippen molar-refractivity contribution in [2.75, 3.05) is 0 Å². The Balaban J connectivity index is 3.65. The molecule has 4 heteroatoms. The van der Waals surface area contributed by atoms with Crippen LogP contribution >= 0.6 is 0 Å². The summed E-state index contributed by atoms with van der Waals surface area (Å²) in [6, 6.07) is 3.23. The van der Waals surface area contributed by atoms with Crippen LogP contribution in [0.3, 0.4) is 0 Å². The first-order chi connectivity index (χ1) is 7.40. The SMILES string of the molecule is CC(C)c1cc(=O)n(C(C)C)c(O)c1C#N. The minimum absolute atomic E-state index is 0.0371. The third-order valence-electron chi connectivity index (χ3n) is 2.51. The van der Waals surface area contributed by atoms with E-state index >= 15 is 0 Å². The van der Waals surface area contributed by atoms with Crippen LogP contribution in [0, 0.1) is 11.3 Å². The molecule has 0 saturated heterocycles. The van der Waals surface area contributed by atoms with Gasteiger partial charge in [-0.25, -0.2) is 0 Å². The van der Waals surface area contributed by atoms with Gasteiger partial charge in [0.05, 0.1) is 0 Å². The number of aromatic nitrogens is 1. The zero-order chi connectivity index (χ0) is 12.5. The lowest BCUT2D eigenvalue weighted by Crippen LogP contribution is -2.23. The van der Waals surface area contributed by atoms with E-state index in [4.69, 9.17) is 5.26 Å². The van der Waals surface area contributed by atoms with Gasteiger partial charge >= 0.3 is 0 Å². The fourth-order valence-corrected chi connectivity index (χ4v) is 1.70. The largest absolute Gasteiger partial charge is 0.493 e. The number of aromatic hydroxyl groups is 1. The van der Waals surface area contributed by atoms with Crippen molar-refractivity contribution in [3.8, 4) is 11.9 Å². The van der Waals surface area contributed by atoms with Gasteiger partial charge in [-0.1, -0.05) is 13.8 Å². The molecule has 0 atom stereocenters. The minimum atomic E-state index is -0.268. The summed E-state index contributed by atoms with van der Waals surface area (Å²) in [5.74, 6) is -0.191. The van der Waals surface area contributed by atoms with E-state index in [0.29, 0.717) is 5.56 Å². The van der Waals surface area contributed by atoms with Crippen LogP contribution in [0.15, 0.2) is 10.9 Å². The summed E-state index contributed by atoms with van der Waals surface area (Å²) in [5, 5.41) is 18.9. The first-order valence-corrected chi connectivity index (χ1v) is 5.28. The van der Waals surface area contributed by atoms with Crippen molar-refractivity contribution < 1.29 is 5.11 Å². The second-order valence-electron chi connectivity index (χ2n) is 4.37. The van der Waals surface area contributed by atoms with Gasteiger partial charge in [0, 0.05) is 12.1 Å². The van der Waals surface area contributed by atoms with Gasteiger partial charge in [0.1, 0.15) is 11.6 Å². The number of nitriles is 1. The minimum Gasteiger partial charge on any atom is -0.493 e. The summed E-state index contributed by atoms with van der Waals surface area (Å²) in [6.45, 7) is 7.35. The summed E-state index contributed by atoms with van der Waals surface area (Å²) in [7, 11) is 0. The summed E-state index contributed by atoms with van der Waals surface area (Å²) in [4.78, 5) is 11.8. The Morgan fingerprint density at radius 2 is 1.94 bits per heavy atom. The van der Waals surface area contributed by atoms with E-state index in [1.165, 1.54) is 10.6 Å². The third-order valence-corrected chi connectivity index (χ3v) is 2.51. The van der Waals surface area contributed by atoms with Gasteiger partial charge in [0.15, 0.2) is 0 Å². The molecule has 16 heavy (non-hydrogen) atoms. The molecule has 0 saturated carbocycles. The molecular weight excluding hydrogens is 204 g/mol. The van der Waals surface area contributed by atoms with Crippen molar-refractivity contribution >= 4 is 0 Å². The molecule has 86 valence electrons. The van der Waals surface area contributed by atoms with Crippen molar-refractivity contribution in [1.82, 2.24) is 4.57 Å². The molecule has 1 N–H and O–H groups in total.